The molecule has 0 aliphatic heterocycles. The zero-order valence-corrected chi connectivity index (χ0v) is 10.1. The molecule has 1 rings (SSSR count). The van der Waals surface area contributed by atoms with Crippen LogP contribution < -0.4 is 11.1 Å². The number of primary amides is 1. The summed E-state index contributed by atoms with van der Waals surface area (Å²) < 4.78 is 5.39. The van der Waals surface area contributed by atoms with E-state index in [0.29, 0.717) is 12.4 Å². The van der Waals surface area contributed by atoms with E-state index in [4.69, 9.17) is 10.5 Å². The summed E-state index contributed by atoms with van der Waals surface area (Å²) in [5.41, 5.74) is 5.32. The van der Waals surface area contributed by atoms with Crippen molar-refractivity contribution in [3.63, 3.8) is 0 Å². The summed E-state index contributed by atoms with van der Waals surface area (Å²) in [4.78, 5) is 18.6. The Hall–Kier alpha value is -1.69. The standard InChI is InChI=1S/C11H18N4O2/c1-8(2)17-5-3-4-13-10-6-9(11(12)16)14-7-15-10/h6-8H,3-5H2,1-2H3,(H2,12,16)(H,13,14,15). The number of nitrogens with one attached hydrogen (secondary N) is 1. The van der Waals surface area contributed by atoms with Crippen molar-refractivity contribution in [3.8, 4) is 0 Å². The molecule has 0 radical (unpaired) electrons. The number of carbonyl (C=O) groups excluding carboxylic acids is 1. The molecule has 1 heterocycles. The summed E-state index contributed by atoms with van der Waals surface area (Å²) in [5, 5.41) is 3.07. The molecule has 0 bridgehead atoms. The fraction of sp³-hybridized carbons (Fsp3) is 0.545. The molecule has 6 nitrogen and oxygen atoms in total. The summed E-state index contributed by atoms with van der Waals surface area (Å²) in [6.45, 7) is 5.41. The van der Waals surface area contributed by atoms with Crippen LogP contribution in [0.2, 0.25) is 0 Å². The largest absolute Gasteiger partial charge is 0.379 e. The molecule has 0 saturated carbocycles. The molecule has 0 spiro atoms. The lowest BCUT2D eigenvalue weighted by atomic mass is 10.3. The van der Waals surface area contributed by atoms with Gasteiger partial charge in [-0.3, -0.25) is 4.79 Å². The van der Waals surface area contributed by atoms with Gasteiger partial charge in [-0.2, -0.15) is 0 Å². The van der Waals surface area contributed by atoms with E-state index >= 15 is 0 Å². The van der Waals surface area contributed by atoms with Crippen LogP contribution in [-0.2, 0) is 4.74 Å². The summed E-state index contributed by atoms with van der Waals surface area (Å²) >= 11 is 0. The van der Waals surface area contributed by atoms with Crippen LogP contribution in [0.15, 0.2) is 12.4 Å². The Morgan fingerprint density at radius 1 is 1.53 bits per heavy atom. The van der Waals surface area contributed by atoms with Gasteiger partial charge in [-0.05, 0) is 20.3 Å². The predicted molar refractivity (Wildman–Crippen MR) is 64.7 cm³/mol. The number of aromatic nitrogens is 2. The van der Waals surface area contributed by atoms with Crippen LogP contribution in [-0.4, -0.2) is 35.1 Å². The van der Waals surface area contributed by atoms with Crippen molar-refractivity contribution in [1.82, 2.24) is 9.97 Å². The minimum Gasteiger partial charge on any atom is -0.379 e. The quantitative estimate of drug-likeness (QED) is 0.686. The Balaban J connectivity index is 2.31. The Kier molecular flexibility index (Phi) is 5.35. The van der Waals surface area contributed by atoms with Crippen molar-refractivity contribution in [3.05, 3.63) is 18.1 Å². The summed E-state index contributed by atoms with van der Waals surface area (Å²) in [5.74, 6) is 0.0388. The first-order valence-electron chi connectivity index (χ1n) is 5.57. The average molecular weight is 238 g/mol. The predicted octanol–water partition coefficient (Wildman–Crippen LogP) is 0.802. The van der Waals surface area contributed by atoms with E-state index in [1.807, 2.05) is 13.8 Å². The number of amides is 1. The monoisotopic (exact) mass is 238 g/mol. The molecule has 0 aliphatic rings. The number of rotatable bonds is 7. The fourth-order valence-electron chi connectivity index (χ4n) is 1.20. The van der Waals surface area contributed by atoms with Gasteiger partial charge in [0.05, 0.1) is 6.10 Å². The SMILES string of the molecule is CC(C)OCCCNc1cc(C(N)=O)ncn1. The Morgan fingerprint density at radius 3 is 2.94 bits per heavy atom. The lowest BCUT2D eigenvalue weighted by Gasteiger charge is -2.08. The molecule has 94 valence electrons. The zero-order valence-electron chi connectivity index (χ0n) is 10.1. The van der Waals surface area contributed by atoms with Gasteiger partial charge in [0.15, 0.2) is 0 Å². The van der Waals surface area contributed by atoms with Gasteiger partial charge in [0.1, 0.15) is 17.8 Å². The molecule has 0 aromatic carbocycles. The molecular weight excluding hydrogens is 220 g/mol. The Morgan fingerprint density at radius 2 is 2.29 bits per heavy atom. The average Bonchev–Trinajstić information content (AvgIpc) is 2.28. The molecular formula is C11H18N4O2. The van der Waals surface area contributed by atoms with E-state index < -0.39 is 5.91 Å². The van der Waals surface area contributed by atoms with Crippen molar-refractivity contribution < 1.29 is 9.53 Å². The lowest BCUT2D eigenvalue weighted by molar-refractivity contribution is 0.0787. The van der Waals surface area contributed by atoms with Gasteiger partial charge in [-0.1, -0.05) is 0 Å². The first kappa shape index (κ1) is 13.4. The van der Waals surface area contributed by atoms with Crippen LogP contribution in [0.3, 0.4) is 0 Å². The second-order valence-corrected chi connectivity index (χ2v) is 3.85. The van der Waals surface area contributed by atoms with Gasteiger partial charge >= 0.3 is 0 Å². The molecule has 0 unspecified atom stereocenters. The minimum absolute atomic E-state index is 0.209. The van der Waals surface area contributed by atoms with Crippen LogP contribution in [0.25, 0.3) is 0 Å². The molecule has 1 amide bonds. The third-order valence-corrected chi connectivity index (χ3v) is 2.00. The maximum atomic E-state index is 10.9. The van der Waals surface area contributed by atoms with Gasteiger partial charge in [-0.15, -0.1) is 0 Å². The molecule has 0 aliphatic carbocycles. The highest BCUT2D eigenvalue weighted by atomic mass is 16.5. The van der Waals surface area contributed by atoms with E-state index in [1.54, 1.807) is 0 Å². The number of anilines is 1. The van der Waals surface area contributed by atoms with E-state index in [-0.39, 0.29) is 11.8 Å². The molecule has 0 saturated heterocycles. The molecule has 0 atom stereocenters. The van der Waals surface area contributed by atoms with Gasteiger partial charge in [-0.25, -0.2) is 9.97 Å². The van der Waals surface area contributed by atoms with Gasteiger partial charge in [0.2, 0.25) is 0 Å². The Labute approximate surface area is 101 Å². The lowest BCUT2D eigenvalue weighted by Crippen LogP contribution is -2.15. The first-order valence-corrected chi connectivity index (χ1v) is 5.57. The number of nitrogens with zero attached hydrogens (tertiary/aromatic N) is 2. The maximum Gasteiger partial charge on any atom is 0.267 e. The van der Waals surface area contributed by atoms with Gasteiger partial charge < -0.3 is 15.8 Å². The number of hydrogen-bond acceptors (Lipinski definition) is 5. The van der Waals surface area contributed by atoms with E-state index in [0.717, 1.165) is 13.0 Å². The highest BCUT2D eigenvalue weighted by Crippen LogP contribution is 2.03. The van der Waals surface area contributed by atoms with Crippen LogP contribution in [0.1, 0.15) is 30.8 Å². The minimum atomic E-state index is -0.557. The number of nitrogens with two attached hydrogens (primary N) is 1. The van der Waals surface area contributed by atoms with E-state index in [2.05, 4.69) is 15.3 Å². The van der Waals surface area contributed by atoms with Crippen molar-refractivity contribution in [2.24, 2.45) is 5.73 Å². The molecule has 3 N–H and O–H groups in total. The summed E-state index contributed by atoms with van der Waals surface area (Å²) in [6, 6.07) is 1.53. The highest BCUT2D eigenvalue weighted by molar-refractivity contribution is 5.91. The topological polar surface area (TPSA) is 90.1 Å². The fourth-order valence-corrected chi connectivity index (χ4v) is 1.20. The summed E-state index contributed by atoms with van der Waals surface area (Å²) in [6.07, 6.45) is 2.43. The van der Waals surface area contributed by atoms with Crippen LogP contribution in [0, 0.1) is 0 Å². The molecule has 1 aromatic rings. The van der Waals surface area contributed by atoms with Gasteiger partial charge in [0, 0.05) is 19.2 Å². The smallest absolute Gasteiger partial charge is 0.267 e. The molecule has 17 heavy (non-hydrogen) atoms. The first-order chi connectivity index (χ1) is 8.09. The highest BCUT2D eigenvalue weighted by Gasteiger charge is 2.03. The van der Waals surface area contributed by atoms with Crippen molar-refractivity contribution >= 4 is 11.7 Å². The second kappa shape index (κ2) is 6.80. The van der Waals surface area contributed by atoms with Crippen molar-refractivity contribution in [2.45, 2.75) is 26.4 Å². The van der Waals surface area contributed by atoms with Crippen LogP contribution in [0.5, 0.6) is 0 Å². The summed E-state index contributed by atoms with van der Waals surface area (Å²) in [7, 11) is 0. The third-order valence-electron chi connectivity index (χ3n) is 2.00. The second-order valence-electron chi connectivity index (χ2n) is 3.85. The number of ether oxygens (including phenoxy) is 1. The van der Waals surface area contributed by atoms with E-state index in [9.17, 15) is 4.79 Å². The number of hydrogen-bond donors (Lipinski definition) is 2. The van der Waals surface area contributed by atoms with Crippen LogP contribution >= 0.6 is 0 Å². The van der Waals surface area contributed by atoms with Crippen LogP contribution in [0.4, 0.5) is 5.82 Å². The normalized spacial score (nSPS) is 10.5. The molecule has 1 aromatic heterocycles. The third kappa shape index (κ3) is 5.26. The molecule has 0 fully saturated rings. The number of carbonyl (C=O) groups is 1. The Bertz CT molecular complexity index is 368. The van der Waals surface area contributed by atoms with Gasteiger partial charge in [0.25, 0.3) is 5.91 Å². The van der Waals surface area contributed by atoms with Crippen molar-refractivity contribution in [1.29, 1.82) is 0 Å². The van der Waals surface area contributed by atoms with E-state index in [1.165, 1.54) is 12.4 Å². The molecule has 6 heteroatoms. The maximum absolute atomic E-state index is 10.9. The van der Waals surface area contributed by atoms with Crippen molar-refractivity contribution in [2.75, 3.05) is 18.5 Å². The zero-order chi connectivity index (χ0) is 12.7.